The predicted octanol–water partition coefficient (Wildman–Crippen LogP) is 0.849. The fraction of sp³-hybridized carbons (Fsp3) is 0.500. The number of nitrogens with one attached hydrogen (secondary N) is 1. The number of carbonyl (C=O) groups excluding carboxylic acids is 1. The summed E-state index contributed by atoms with van der Waals surface area (Å²) < 4.78 is 5.27. The zero-order valence-corrected chi connectivity index (χ0v) is 11.1. The van der Waals surface area contributed by atoms with Crippen molar-refractivity contribution in [1.29, 1.82) is 0 Å². The van der Waals surface area contributed by atoms with Gasteiger partial charge in [-0.15, -0.1) is 0 Å². The summed E-state index contributed by atoms with van der Waals surface area (Å²) in [6, 6.07) is 5.34. The third-order valence-electron chi connectivity index (χ3n) is 3.58. The van der Waals surface area contributed by atoms with Gasteiger partial charge in [-0.1, -0.05) is 11.6 Å². The highest BCUT2D eigenvalue weighted by atomic mass is 16.5. The zero-order chi connectivity index (χ0) is 13.9. The molecule has 0 aromatic heterocycles. The quantitative estimate of drug-likeness (QED) is 0.707. The number of amides is 1. The molecule has 19 heavy (non-hydrogen) atoms. The number of benzene rings is 1. The fourth-order valence-electron chi connectivity index (χ4n) is 2.26. The topological polar surface area (TPSA) is 84.6 Å². The van der Waals surface area contributed by atoms with E-state index in [1.54, 1.807) is 12.1 Å². The van der Waals surface area contributed by atoms with Gasteiger partial charge in [-0.2, -0.15) is 0 Å². The summed E-state index contributed by atoms with van der Waals surface area (Å²) in [4.78, 5) is 12.3. The Bertz CT molecular complexity index is 468. The van der Waals surface area contributed by atoms with Crippen molar-refractivity contribution in [3.63, 3.8) is 0 Å². The van der Waals surface area contributed by atoms with Crippen LogP contribution in [0.15, 0.2) is 18.2 Å². The van der Waals surface area contributed by atoms with Crippen LogP contribution < -0.4 is 11.1 Å². The van der Waals surface area contributed by atoms with Crippen molar-refractivity contribution >= 4 is 11.6 Å². The summed E-state index contributed by atoms with van der Waals surface area (Å²) in [6.07, 6.45) is 1.22. The molecule has 4 N–H and O–H groups in total. The predicted molar refractivity (Wildman–Crippen MR) is 72.9 cm³/mol. The van der Waals surface area contributed by atoms with Crippen molar-refractivity contribution < 1.29 is 14.6 Å². The third-order valence-corrected chi connectivity index (χ3v) is 3.58. The number of aryl methyl sites for hydroxylation is 1. The maximum absolute atomic E-state index is 12.3. The van der Waals surface area contributed by atoms with E-state index >= 15 is 0 Å². The summed E-state index contributed by atoms with van der Waals surface area (Å²) in [6.45, 7) is 2.91. The summed E-state index contributed by atoms with van der Waals surface area (Å²) >= 11 is 0. The molecule has 1 aromatic carbocycles. The van der Waals surface area contributed by atoms with Gasteiger partial charge in [-0.3, -0.25) is 4.79 Å². The maximum Gasteiger partial charge on any atom is 0.253 e. The number of ether oxygens (including phenoxy) is 1. The van der Waals surface area contributed by atoms with Crippen LogP contribution in [0, 0.1) is 6.92 Å². The van der Waals surface area contributed by atoms with Gasteiger partial charge in [0.15, 0.2) is 0 Å². The van der Waals surface area contributed by atoms with Gasteiger partial charge in [0, 0.05) is 18.9 Å². The molecule has 1 aliphatic heterocycles. The molecule has 5 nitrogen and oxygen atoms in total. The van der Waals surface area contributed by atoms with E-state index in [2.05, 4.69) is 5.32 Å². The molecule has 5 heteroatoms. The fourth-order valence-corrected chi connectivity index (χ4v) is 2.26. The second kappa shape index (κ2) is 5.59. The molecule has 0 radical (unpaired) electrons. The van der Waals surface area contributed by atoms with Crippen molar-refractivity contribution in [2.75, 3.05) is 25.6 Å². The summed E-state index contributed by atoms with van der Waals surface area (Å²) in [5.74, 6) is -0.239. The number of hydrogen-bond acceptors (Lipinski definition) is 4. The Morgan fingerprint density at radius 1 is 1.47 bits per heavy atom. The molecule has 0 aliphatic carbocycles. The number of nitrogen functional groups attached to an aromatic ring is 1. The highest BCUT2D eigenvalue weighted by Gasteiger charge is 2.34. The van der Waals surface area contributed by atoms with Crippen molar-refractivity contribution in [3.8, 4) is 0 Å². The molecule has 1 aromatic rings. The molecule has 104 valence electrons. The van der Waals surface area contributed by atoms with Crippen LogP contribution in [0.3, 0.4) is 0 Å². The average Bonchev–Trinajstić information content (AvgIpc) is 2.42. The minimum atomic E-state index is -0.592. The lowest BCUT2D eigenvalue weighted by atomic mass is 9.90. The first-order chi connectivity index (χ1) is 9.06. The highest BCUT2D eigenvalue weighted by Crippen LogP contribution is 2.22. The Morgan fingerprint density at radius 2 is 2.16 bits per heavy atom. The van der Waals surface area contributed by atoms with Crippen molar-refractivity contribution in [1.82, 2.24) is 5.32 Å². The molecule has 0 unspecified atom stereocenters. The number of aliphatic hydroxyl groups is 1. The summed E-state index contributed by atoms with van der Waals surface area (Å²) in [7, 11) is 0. The third kappa shape index (κ3) is 3.05. The van der Waals surface area contributed by atoms with Gasteiger partial charge in [0.05, 0.1) is 17.7 Å². The first-order valence-corrected chi connectivity index (χ1v) is 6.44. The first kappa shape index (κ1) is 13.8. The molecule has 0 saturated carbocycles. The van der Waals surface area contributed by atoms with Gasteiger partial charge < -0.3 is 20.9 Å². The molecule has 1 fully saturated rings. The van der Waals surface area contributed by atoms with E-state index in [9.17, 15) is 9.90 Å². The molecule has 0 atom stereocenters. The minimum absolute atomic E-state index is 0.0895. The Labute approximate surface area is 112 Å². The number of nitrogens with two attached hydrogens (primary N) is 1. The summed E-state index contributed by atoms with van der Waals surface area (Å²) in [5.41, 5.74) is 7.12. The number of hydrogen-bond donors (Lipinski definition) is 3. The van der Waals surface area contributed by atoms with E-state index in [1.165, 1.54) is 0 Å². The van der Waals surface area contributed by atoms with Crippen LogP contribution in [0.1, 0.15) is 28.8 Å². The van der Waals surface area contributed by atoms with Gasteiger partial charge >= 0.3 is 0 Å². The van der Waals surface area contributed by atoms with Crippen LogP contribution in [0.2, 0.25) is 0 Å². The van der Waals surface area contributed by atoms with Crippen LogP contribution in [0.5, 0.6) is 0 Å². The molecule has 1 heterocycles. The summed E-state index contributed by atoms with van der Waals surface area (Å²) in [5, 5.41) is 12.5. The molecule has 1 aliphatic rings. The second-order valence-corrected chi connectivity index (χ2v) is 5.10. The monoisotopic (exact) mass is 264 g/mol. The molecular weight excluding hydrogens is 244 g/mol. The number of rotatable bonds is 3. The Balaban J connectivity index is 2.17. The largest absolute Gasteiger partial charge is 0.398 e. The Kier molecular flexibility index (Phi) is 4.07. The second-order valence-electron chi connectivity index (χ2n) is 5.10. The van der Waals surface area contributed by atoms with Crippen molar-refractivity contribution in [3.05, 3.63) is 29.3 Å². The molecular formula is C14H20N2O3. The van der Waals surface area contributed by atoms with Crippen molar-refractivity contribution in [2.45, 2.75) is 25.3 Å². The average molecular weight is 264 g/mol. The van der Waals surface area contributed by atoms with Crippen LogP contribution in [0.25, 0.3) is 0 Å². The van der Waals surface area contributed by atoms with E-state index < -0.39 is 5.54 Å². The van der Waals surface area contributed by atoms with Crippen LogP contribution in [-0.2, 0) is 4.74 Å². The van der Waals surface area contributed by atoms with Crippen molar-refractivity contribution in [2.24, 2.45) is 0 Å². The number of anilines is 1. The lowest BCUT2D eigenvalue weighted by Gasteiger charge is -2.36. The van der Waals surface area contributed by atoms with Gasteiger partial charge in [0.2, 0.25) is 0 Å². The van der Waals surface area contributed by atoms with E-state index in [0.717, 1.165) is 5.56 Å². The molecule has 1 amide bonds. The van der Waals surface area contributed by atoms with Crippen LogP contribution in [-0.4, -0.2) is 36.4 Å². The molecule has 0 spiro atoms. The Hall–Kier alpha value is -1.59. The number of aliphatic hydroxyl groups excluding tert-OH is 1. The van der Waals surface area contributed by atoms with E-state index in [0.29, 0.717) is 37.3 Å². The van der Waals surface area contributed by atoms with Gasteiger partial charge in [-0.25, -0.2) is 0 Å². The Morgan fingerprint density at radius 3 is 2.79 bits per heavy atom. The highest BCUT2D eigenvalue weighted by molar-refractivity contribution is 5.99. The molecule has 1 saturated heterocycles. The maximum atomic E-state index is 12.3. The van der Waals surface area contributed by atoms with Gasteiger partial charge in [-0.05, 0) is 31.9 Å². The van der Waals surface area contributed by atoms with Gasteiger partial charge in [0.25, 0.3) is 5.91 Å². The van der Waals surface area contributed by atoms with E-state index in [-0.39, 0.29) is 12.5 Å². The smallest absolute Gasteiger partial charge is 0.253 e. The van der Waals surface area contributed by atoms with E-state index in [1.807, 2.05) is 13.0 Å². The standard InChI is InChI=1S/C14H20N2O3/c1-10-2-3-12(15)11(8-10)13(18)16-14(9-17)4-6-19-7-5-14/h2-3,8,17H,4-7,9,15H2,1H3,(H,16,18). The van der Waals surface area contributed by atoms with Crippen LogP contribution >= 0.6 is 0 Å². The van der Waals surface area contributed by atoms with E-state index in [4.69, 9.17) is 10.5 Å². The lowest BCUT2D eigenvalue weighted by Crippen LogP contribution is -2.54. The lowest BCUT2D eigenvalue weighted by molar-refractivity contribution is 0.0125. The molecule has 2 rings (SSSR count). The van der Waals surface area contributed by atoms with Crippen LogP contribution in [0.4, 0.5) is 5.69 Å². The minimum Gasteiger partial charge on any atom is -0.398 e. The normalized spacial score (nSPS) is 18.0. The molecule has 0 bridgehead atoms. The SMILES string of the molecule is Cc1ccc(N)c(C(=O)NC2(CO)CCOCC2)c1. The number of carbonyl (C=O) groups is 1. The van der Waals surface area contributed by atoms with Gasteiger partial charge in [0.1, 0.15) is 0 Å². The first-order valence-electron chi connectivity index (χ1n) is 6.44. The zero-order valence-electron chi connectivity index (χ0n) is 11.1.